The van der Waals surface area contributed by atoms with E-state index in [1.54, 1.807) is 6.07 Å². The summed E-state index contributed by atoms with van der Waals surface area (Å²) in [5, 5.41) is 6.51. The number of halogens is 2. The lowest BCUT2D eigenvalue weighted by Gasteiger charge is -2.12. The summed E-state index contributed by atoms with van der Waals surface area (Å²) in [6.45, 7) is -0.00203. The Balaban J connectivity index is 2.34. The number of nitrogens with one attached hydrogen (secondary N) is 2. The monoisotopic (exact) mass is 394 g/mol. The zero-order chi connectivity index (χ0) is 15.6. The maximum atomic E-state index is 12.4. The number of hydrogen-bond donors (Lipinski definition) is 3. The fraction of sp³-hybridized carbons (Fsp3) is 0.182. The van der Waals surface area contributed by atoms with Gasteiger partial charge in [0, 0.05) is 17.1 Å². The first-order valence-corrected chi connectivity index (χ1v) is 8.31. The van der Waals surface area contributed by atoms with Crippen molar-refractivity contribution in [3.63, 3.8) is 0 Å². The summed E-state index contributed by atoms with van der Waals surface area (Å²) >= 11 is 9.11. The van der Waals surface area contributed by atoms with Crippen molar-refractivity contribution in [2.24, 2.45) is 0 Å². The van der Waals surface area contributed by atoms with Crippen LogP contribution in [0.15, 0.2) is 27.7 Å². The first kappa shape index (κ1) is 16.1. The Labute approximate surface area is 135 Å². The van der Waals surface area contributed by atoms with Crippen LogP contribution < -0.4 is 15.2 Å². The lowest BCUT2D eigenvalue weighted by molar-refractivity contribution is 0.399. The summed E-state index contributed by atoms with van der Waals surface area (Å²) in [6, 6.07) is 2.86. The fourth-order valence-corrected chi connectivity index (χ4v) is 4.04. The van der Waals surface area contributed by atoms with Gasteiger partial charge in [0.2, 0.25) is 10.0 Å². The average Bonchev–Trinajstić information content (AvgIpc) is 2.81. The number of nitrogens with zero attached hydrogens (tertiary/aromatic N) is 1. The topological polar surface area (TPSA) is 110 Å². The highest BCUT2D eigenvalue weighted by Gasteiger charge is 2.22. The number of nitrogens with two attached hydrogens (primary N) is 1. The van der Waals surface area contributed by atoms with Crippen LogP contribution >= 0.6 is 27.5 Å². The van der Waals surface area contributed by atoms with Crippen LogP contribution in [0.4, 0.5) is 5.82 Å². The Kier molecular flexibility index (Phi) is 4.77. The van der Waals surface area contributed by atoms with Crippen molar-refractivity contribution in [2.75, 3.05) is 12.8 Å². The second-order valence-electron chi connectivity index (χ2n) is 4.05. The van der Waals surface area contributed by atoms with E-state index in [1.807, 2.05) is 0 Å². The Hall–Kier alpha value is -1.29. The number of aromatic amines is 1. The van der Waals surface area contributed by atoms with Crippen LogP contribution in [0.25, 0.3) is 0 Å². The van der Waals surface area contributed by atoms with E-state index in [2.05, 4.69) is 30.8 Å². The van der Waals surface area contributed by atoms with Gasteiger partial charge in [-0.2, -0.15) is 5.10 Å². The number of H-pyrrole nitrogens is 1. The molecule has 7 nitrogen and oxygen atoms in total. The van der Waals surface area contributed by atoms with Crippen LogP contribution in [0.2, 0.25) is 5.02 Å². The second kappa shape index (κ2) is 6.22. The minimum atomic E-state index is -3.83. The number of hydrogen-bond acceptors (Lipinski definition) is 5. The molecule has 2 aromatic rings. The molecule has 21 heavy (non-hydrogen) atoms. The predicted octanol–water partition coefficient (Wildman–Crippen LogP) is 1.89. The van der Waals surface area contributed by atoms with Gasteiger partial charge in [0.15, 0.2) is 5.75 Å². The highest BCUT2D eigenvalue weighted by Crippen LogP contribution is 2.35. The van der Waals surface area contributed by atoms with Crippen molar-refractivity contribution in [3.8, 4) is 5.75 Å². The molecule has 1 heterocycles. The first-order chi connectivity index (χ1) is 9.85. The minimum Gasteiger partial charge on any atom is -0.494 e. The third kappa shape index (κ3) is 3.49. The molecule has 0 aliphatic carbocycles. The van der Waals surface area contributed by atoms with Crippen LogP contribution in [-0.4, -0.2) is 25.7 Å². The van der Waals surface area contributed by atoms with Crippen molar-refractivity contribution >= 4 is 43.4 Å². The fourth-order valence-electron chi connectivity index (χ4n) is 1.65. The van der Waals surface area contributed by atoms with Gasteiger partial charge in [-0.15, -0.1) is 0 Å². The molecule has 0 amide bonds. The van der Waals surface area contributed by atoms with E-state index < -0.39 is 10.0 Å². The predicted molar refractivity (Wildman–Crippen MR) is 82.7 cm³/mol. The maximum absolute atomic E-state index is 12.4. The van der Waals surface area contributed by atoms with Crippen molar-refractivity contribution in [1.29, 1.82) is 0 Å². The number of nitrogen functional groups attached to an aromatic ring is 1. The van der Waals surface area contributed by atoms with E-state index in [1.165, 1.54) is 19.4 Å². The largest absolute Gasteiger partial charge is 0.494 e. The quantitative estimate of drug-likeness (QED) is 0.716. The maximum Gasteiger partial charge on any atom is 0.244 e. The smallest absolute Gasteiger partial charge is 0.244 e. The van der Waals surface area contributed by atoms with Gasteiger partial charge in [-0.1, -0.05) is 11.6 Å². The first-order valence-electron chi connectivity index (χ1n) is 5.65. The Morgan fingerprint density at radius 1 is 1.52 bits per heavy atom. The van der Waals surface area contributed by atoms with Crippen LogP contribution in [-0.2, 0) is 16.6 Å². The molecule has 0 bridgehead atoms. The number of rotatable bonds is 5. The molecule has 0 radical (unpaired) electrons. The summed E-state index contributed by atoms with van der Waals surface area (Å²) in [5.41, 5.74) is 6.15. The Bertz CT molecular complexity index is 763. The molecule has 4 N–H and O–H groups in total. The molecule has 0 saturated heterocycles. The van der Waals surface area contributed by atoms with Crippen LogP contribution in [0.1, 0.15) is 5.56 Å². The summed E-state index contributed by atoms with van der Waals surface area (Å²) in [6.07, 6.45) is 1.45. The molecule has 0 aliphatic heterocycles. The molecular formula is C11H12BrClN4O3S. The summed E-state index contributed by atoms with van der Waals surface area (Å²) < 4.78 is 32.7. The average molecular weight is 396 g/mol. The van der Waals surface area contributed by atoms with Gasteiger partial charge in [-0.05, 0) is 28.1 Å². The number of anilines is 1. The zero-order valence-corrected chi connectivity index (χ0v) is 14.0. The van der Waals surface area contributed by atoms with Crippen molar-refractivity contribution < 1.29 is 13.2 Å². The molecule has 10 heteroatoms. The van der Waals surface area contributed by atoms with Gasteiger partial charge < -0.3 is 10.5 Å². The minimum absolute atomic E-state index is 0.00203. The van der Waals surface area contributed by atoms with Gasteiger partial charge in [-0.25, -0.2) is 13.1 Å². The van der Waals surface area contributed by atoms with E-state index in [-0.39, 0.29) is 22.2 Å². The summed E-state index contributed by atoms with van der Waals surface area (Å²) in [4.78, 5) is -0.0635. The molecule has 2 rings (SSSR count). The Morgan fingerprint density at radius 2 is 2.24 bits per heavy atom. The lowest BCUT2D eigenvalue weighted by atomic mass is 10.3. The number of ether oxygens (including phenoxy) is 1. The van der Waals surface area contributed by atoms with E-state index in [4.69, 9.17) is 22.1 Å². The molecule has 0 aliphatic rings. The number of aromatic nitrogens is 2. The van der Waals surface area contributed by atoms with Gasteiger partial charge in [0.1, 0.15) is 10.7 Å². The summed E-state index contributed by atoms with van der Waals surface area (Å²) in [7, 11) is -2.45. The SMILES string of the molecule is COc1c(Br)cc(Cl)cc1S(=O)(=O)NCc1cn[nH]c1N. The molecule has 0 saturated carbocycles. The van der Waals surface area contributed by atoms with Gasteiger partial charge >= 0.3 is 0 Å². The number of methoxy groups -OCH3 is 1. The van der Waals surface area contributed by atoms with E-state index in [0.29, 0.717) is 15.9 Å². The normalized spacial score (nSPS) is 11.6. The van der Waals surface area contributed by atoms with E-state index in [9.17, 15) is 8.42 Å². The molecular weight excluding hydrogens is 384 g/mol. The van der Waals surface area contributed by atoms with E-state index >= 15 is 0 Å². The summed E-state index contributed by atoms with van der Waals surface area (Å²) in [5.74, 6) is 0.476. The third-order valence-electron chi connectivity index (χ3n) is 2.67. The van der Waals surface area contributed by atoms with Gasteiger partial charge in [0.25, 0.3) is 0 Å². The zero-order valence-electron chi connectivity index (χ0n) is 10.9. The highest BCUT2D eigenvalue weighted by atomic mass is 79.9. The second-order valence-corrected chi connectivity index (χ2v) is 7.08. The Morgan fingerprint density at radius 3 is 2.81 bits per heavy atom. The van der Waals surface area contributed by atoms with Crippen LogP contribution in [0.3, 0.4) is 0 Å². The third-order valence-corrected chi connectivity index (χ3v) is 4.89. The van der Waals surface area contributed by atoms with Gasteiger partial charge in [0.05, 0.1) is 17.8 Å². The van der Waals surface area contributed by atoms with Crippen molar-refractivity contribution in [3.05, 3.63) is 33.4 Å². The standard InChI is InChI=1S/C11H12BrClN4O3S/c1-20-10-8(12)2-7(13)3-9(10)21(18,19)16-5-6-4-15-17-11(6)14/h2-4,16H,5H2,1H3,(H3,14,15,17). The molecule has 0 fully saturated rings. The molecule has 1 aromatic carbocycles. The van der Waals surface area contributed by atoms with Crippen molar-refractivity contribution in [2.45, 2.75) is 11.4 Å². The number of benzene rings is 1. The molecule has 114 valence electrons. The molecule has 0 unspecified atom stereocenters. The highest BCUT2D eigenvalue weighted by molar-refractivity contribution is 9.10. The van der Waals surface area contributed by atoms with Crippen molar-refractivity contribution in [1.82, 2.24) is 14.9 Å². The number of sulfonamides is 1. The molecule has 0 atom stereocenters. The van der Waals surface area contributed by atoms with E-state index in [0.717, 1.165) is 0 Å². The van der Waals surface area contributed by atoms with Gasteiger partial charge in [-0.3, -0.25) is 5.10 Å². The lowest BCUT2D eigenvalue weighted by Crippen LogP contribution is -2.24. The van der Waals surface area contributed by atoms with Crippen LogP contribution in [0, 0.1) is 0 Å². The molecule has 0 spiro atoms. The molecule has 1 aromatic heterocycles. The van der Waals surface area contributed by atoms with Crippen LogP contribution in [0.5, 0.6) is 5.75 Å².